The SMILES string of the molecule is CC1(C(=O)O)CC(c2c(C3CCOCC3)n(-c3ccc(F)c(F)c3)c3cc4cn[nH]c4nc23)C1. The number of rotatable bonds is 4. The number of aliphatic carboxylic acids is 1. The Hall–Kier alpha value is -3.33. The number of nitrogens with one attached hydrogen (secondary N) is 1. The quantitative estimate of drug-likeness (QED) is 0.439. The van der Waals surface area contributed by atoms with Crippen LogP contribution in [0.5, 0.6) is 0 Å². The summed E-state index contributed by atoms with van der Waals surface area (Å²) in [7, 11) is 0. The molecule has 6 rings (SSSR count). The second-order valence-electron chi connectivity index (χ2n) is 9.75. The van der Waals surface area contributed by atoms with Crippen molar-refractivity contribution in [3.8, 4) is 5.69 Å². The monoisotopic (exact) mass is 466 g/mol. The predicted molar refractivity (Wildman–Crippen MR) is 121 cm³/mol. The van der Waals surface area contributed by atoms with Gasteiger partial charge in [-0.3, -0.25) is 9.89 Å². The molecule has 1 aromatic carbocycles. The van der Waals surface area contributed by atoms with E-state index in [1.807, 2.05) is 10.6 Å². The molecule has 9 heteroatoms. The van der Waals surface area contributed by atoms with Crippen LogP contribution < -0.4 is 0 Å². The van der Waals surface area contributed by atoms with Gasteiger partial charge in [-0.15, -0.1) is 0 Å². The molecule has 4 aromatic rings. The molecule has 2 N–H and O–H groups in total. The van der Waals surface area contributed by atoms with Crippen molar-refractivity contribution in [1.29, 1.82) is 0 Å². The number of halogens is 2. The molecular formula is C25H24F2N4O3. The van der Waals surface area contributed by atoms with Crippen molar-refractivity contribution in [1.82, 2.24) is 19.7 Å². The molecule has 0 amide bonds. The lowest BCUT2D eigenvalue weighted by atomic mass is 9.60. The van der Waals surface area contributed by atoms with Gasteiger partial charge >= 0.3 is 5.97 Å². The fraction of sp³-hybridized carbons (Fsp3) is 0.400. The third-order valence-corrected chi connectivity index (χ3v) is 7.51. The number of nitrogens with zero attached hydrogens (tertiary/aromatic N) is 3. The third kappa shape index (κ3) is 3.14. The van der Waals surface area contributed by atoms with Crippen LogP contribution in [-0.4, -0.2) is 44.0 Å². The summed E-state index contributed by atoms with van der Waals surface area (Å²) in [4.78, 5) is 16.7. The number of benzene rings is 1. The number of aromatic amines is 1. The number of aromatic nitrogens is 4. The molecule has 7 nitrogen and oxygen atoms in total. The van der Waals surface area contributed by atoms with Crippen molar-refractivity contribution in [2.75, 3.05) is 13.2 Å². The van der Waals surface area contributed by atoms with E-state index in [0.717, 1.165) is 46.6 Å². The lowest BCUT2D eigenvalue weighted by Gasteiger charge is -2.42. The van der Waals surface area contributed by atoms with Crippen molar-refractivity contribution in [3.05, 3.63) is 53.4 Å². The Morgan fingerprint density at radius 3 is 2.65 bits per heavy atom. The summed E-state index contributed by atoms with van der Waals surface area (Å²) in [6.07, 6.45) is 4.25. The largest absolute Gasteiger partial charge is 0.481 e. The molecule has 3 aromatic heterocycles. The normalized spacial score (nSPS) is 23.4. The van der Waals surface area contributed by atoms with E-state index in [0.29, 0.717) is 37.4 Å². The van der Waals surface area contributed by atoms with Gasteiger partial charge in [0, 0.05) is 47.5 Å². The van der Waals surface area contributed by atoms with Gasteiger partial charge in [-0.1, -0.05) is 0 Å². The summed E-state index contributed by atoms with van der Waals surface area (Å²) in [5, 5.41) is 17.5. The zero-order chi connectivity index (χ0) is 23.6. The van der Waals surface area contributed by atoms with Crippen molar-refractivity contribution in [2.45, 2.75) is 44.4 Å². The molecule has 1 saturated heterocycles. The van der Waals surface area contributed by atoms with E-state index in [9.17, 15) is 18.7 Å². The molecule has 0 spiro atoms. The maximum Gasteiger partial charge on any atom is 0.309 e. The molecule has 176 valence electrons. The zero-order valence-corrected chi connectivity index (χ0v) is 18.6. The molecule has 1 aliphatic carbocycles. The highest BCUT2D eigenvalue weighted by atomic mass is 19.2. The first-order chi connectivity index (χ1) is 16.4. The van der Waals surface area contributed by atoms with E-state index in [2.05, 4.69) is 10.2 Å². The van der Waals surface area contributed by atoms with Crippen LogP contribution in [0, 0.1) is 17.0 Å². The van der Waals surface area contributed by atoms with Gasteiger partial charge in [0.05, 0.1) is 22.6 Å². The van der Waals surface area contributed by atoms with Gasteiger partial charge in [-0.2, -0.15) is 5.10 Å². The molecular weight excluding hydrogens is 442 g/mol. The van der Waals surface area contributed by atoms with E-state index in [-0.39, 0.29) is 11.8 Å². The van der Waals surface area contributed by atoms with Crippen LogP contribution >= 0.6 is 0 Å². The van der Waals surface area contributed by atoms with Crippen molar-refractivity contribution in [3.63, 3.8) is 0 Å². The highest BCUT2D eigenvalue weighted by molar-refractivity contribution is 5.94. The van der Waals surface area contributed by atoms with Gasteiger partial charge in [0.15, 0.2) is 17.3 Å². The van der Waals surface area contributed by atoms with Crippen LogP contribution in [0.3, 0.4) is 0 Å². The van der Waals surface area contributed by atoms with E-state index < -0.39 is 23.0 Å². The standard InChI is InChI=1S/C25H24F2N4O3/c1-25(24(32)33)10-15(11-25)20-21-19(8-14-12-28-30-23(14)29-21)31(16-2-3-17(26)18(27)9-16)22(20)13-4-6-34-7-5-13/h2-3,8-9,12-13,15H,4-7,10-11H2,1H3,(H,32,33)(H,28,29,30). The smallest absolute Gasteiger partial charge is 0.309 e. The first kappa shape index (κ1) is 21.2. The molecule has 34 heavy (non-hydrogen) atoms. The summed E-state index contributed by atoms with van der Waals surface area (Å²) in [5.41, 5.74) is 3.89. The number of carboxylic acids is 1. The number of carbonyl (C=O) groups is 1. The van der Waals surface area contributed by atoms with Gasteiger partial charge < -0.3 is 14.4 Å². The highest BCUT2D eigenvalue weighted by Gasteiger charge is 2.49. The first-order valence-electron chi connectivity index (χ1n) is 11.5. The Bertz CT molecular complexity index is 1430. The van der Waals surface area contributed by atoms with Crippen LogP contribution in [0.25, 0.3) is 27.8 Å². The second kappa shape index (κ2) is 7.59. The molecule has 1 saturated carbocycles. The highest BCUT2D eigenvalue weighted by Crippen LogP contribution is 2.55. The minimum Gasteiger partial charge on any atom is -0.481 e. The maximum atomic E-state index is 14.4. The molecule has 0 atom stereocenters. The second-order valence-corrected chi connectivity index (χ2v) is 9.75. The van der Waals surface area contributed by atoms with E-state index in [4.69, 9.17) is 9.72 Å². The Balaban J connectivity index is 1.65. The summed E-state index contributed by atoms with van der Waals surface area (Å²) in [5.74, 6) is -2.50. The number of carboxylic acid groups (broad SMARTS) is 1. The van der Waals surface area contributed by atoms with Crippen molar-refractivity contribution >= 4 is 28.0 Å². The fourth-order valence-corrected chi connectivity index (χ4v) is 5.69. The van der Waals surface area contributed by atoms with Crippen LogP contribution in [0.4, 0.5) is 8.78 Å². The van der Waals surface area contributed by atoms with Gasteiger partial charge in [-0.25, -0.2) is 13.8 Å². The number of ether oxygens (including phenoxy) is 1. The van der Waals surface area contributed by atoms with E-state index >= 15 is 0 Å². The molecule has 0 unspecified atom stereocenters. The van der Waals surface area contributed by atoms with Crippen molar-refractivity contribution < 1.29 is 23.4 Å². The van der Waals surface area contributed by atoms with Crippen LogP contribution in [0.15, 0.2) is 30.5 Å². The van der Waals surface area contributed by atoms with E-state index in [1.165, 1.54) is 6.07 Å². The predicted octanol–water partition coefficient (Wildman–Crippen LogP) is 5.04. The third-order valence-electron chi connectivity index (χ3n) is 7.51. The van der Waals surface area contributed by atoms with Crippen molar-refractivity contribution in [2.24, 2.45) is 5.41 Å². The summed E-state index contributed by atoms with van der Waals surface area (Å²) in [6, 6.07) is 5.89. The Kier molecular flexibility index (Phi) is 4.74. The summed E-state index contributed by atoms with van der Waals surface area (Å²) in [6.45, 7) is 2.99. The lowest BCUT2D eigenvalue weighted by Crippen LogP contribution is -2.40. The molecule has 2 fully saturated rings. The Labute approximate surface area is 193 Å². The topological polar surface area (TPSA) is 93.0 Å². The van der Waals surface area contributed by atoms with Gasteiger partial charge in [0.1, 0.15) is 0 Å². The molecule has 0 bridgehead atoms. The number of pyridine rings is 1. The van der Waals surface area contributed by atoms with Crippen LogP contribution in [0.1, 0.15) is 55.7 Å². The number of hydrogen-bond acceptors (Lipinski definition) is 4. The van der Waals surface area contributed by atoms with Gasteiger partial charge in [0.2, 0.25) is 0 Å². The number of H-pyrrole nitrogens is 1. The summed E-state index contributed by atoms with van der Waals surface area (Å²) < 4.78 is 35.8. The minimum absolute atomic E-state index is 0.000798. The first-order valence-corrected chi connectivity index (χ1v) is 11.5. The summed E-state index contributed by atoms with van der Waals surface area (Å²) >= 11 is 0. The Morgan fingerprint density at radius 1 is 1.18 bits per heavy atom. The zero-order valence-electron chi connectivity index (χ0n) is 18.6. The number of hydrogen-bond donors (Lipinski definition) is 2. The lowest BCUT2D eigenvalue weighted by molar-refractivity contribution is -0.154. The van der Waals surface area contributed by atoms with Gasteiger partial charge in [0.25, 0.3) is 0 Å². The van der Waals surface area contributed by atoms with Crippen LogP contribution in [-0.2, 0) is 9.53 Å². The molecule has 2 aliphatic rings. The van der Waals surface area contributed by atoms with Gasteiger partial charge in [-0.05, 0) is 56.7 Å². The van der Waals surface area contributed by atoms with Crippen LogP contribution in [0.2, 0.25) is 0 Å². The Morgan fingerprint density at radius 2 is 1.94 bits per heavy atom. The minimum atomic E-state index is -0.918. The number of fused-ring (bicyclic) bond motifs is 2. The fourth-order valence-electron chi connectivity index (χ4n) is 5.69. The maximum absolute atomic E-state index is 14.4. The average Bonchev–Trinajstić information content (AvgIpc) is 3.39. The molecule has 1 aliphatic heterocycles. The van der Waals surface area contributed by atoms with E-state index in [1.54, 1.807) is 19.2 Å². The average molecular weight is 466 g/mol. The molecule has 4 heterocycles. The molecule has 0 radical (unpaired) electrons.